The van der Waals surface area contributed by atoms with E-state index >= 15 is 4.39 Å². The highest BCUT2D eigenvalue weighted by Gasteiger charge is 2.43. The first-order valence-corrected chi connectivity index (χ1v) is 15.1. The number of alkyl halides is 2. The van der Waals surface area contributed by atoms with Crippen LogP contribution in [0.25, 0.3) is 33.3 Å². The van der Waals surface area contributed by atoms with Gasteiger partial charge in [-0.1, -0.05) is 17.3 Å². The Morgan fingerprint density at radius 2 is 1.80 bits per heavy atom. The number of nitriles is 1. The van der Waals surface area contributed by atoms with Crippen LogP contribution in [-0.4, -0.2) is 54.6 Å². The first-order valence-electron chi connectivity index (χ1n) is 15.1. The molecule has 2 bridgehead atoms. The molecule has 1 saturated carbocycles. The monoisotopic (exact) mass is 618 g/mol. The molecule has 3 N–H and O–H groups in total. The number of hydrogen-bond acceptors (Lipinski definition) is 6. The van der Waals surface area contributed by atoms with Gasteiger partial charge >= 0.3 is 0 Å². The fraction of sp³-hybridized carbons (Fsp3) is 0.394. The maximum atomic E-state index is 16.3. The Bertz CT molecular complexity index is 1870. The fourth-order valence-corrected chi connectivity index (χ4v) is 7.30. The number of aliphatic hydroxyl groups is 1. The van der Waals surface area contributed by atoms with E-state index in [1.165, 1.54) is 36.4 Å². The molecule has 12 heteroatoms. The smallest absolute Gasteiger partial charge is 0.268 e. The lowest BCUT2D eigenvalue weighted by molar-refractivity contribution is -0.0493. The van der Waals surface area contributed by atoms with E-state index in [9.17, 15) is 28.3 Å². The summed E-state index contributed by atoms with van der Waals surface area (Å²) in [4.78, 5) is 15.7. The van der Waals surface area contributed by atoms with Crippen molar-refractivity contribution in [3.63, 3.8) is 0 Å². The summed E-state index contributed by atoms with van der Waals surface area (Å²) in [6.45, 7) is -0.0992. The molecule has 2 unspecified atom stereocenters. The Labute approximate surface area is 256 Å². The highest BCUT2D eigenvalue weighted by molar-refractivity contribution is 5.99. The van der Waals surface area contributed by atoms with E-state index in [2.05, 4.69) is 10.3 Å². The third kappa shape index (κ3) is 4.94. The second-order valence-electron chi connectivity index (χ2n) is 12.5. The lowest BCUT2D eigenvalue weighted by Crippen LogP contribution is -2.50. The minimum absolute atomic E-state index is 0.00275. The van der Waals surface area contributed by atoms with Gasteiger partial charge in [-0.3, -0.25) is 4.79 Å². The summed E-state index contributed by atoms with van der Waals surface area (Å²) in [6, 6.07) is 11.4. The highest BCUT2D eigenvalue weighted by Crippen LogP contribution is 2.43. The molecule has 45 heavy (non-hydrogen) atoms. The van der Waals surface area contributed by atoms with Gasteiger partial charge in [0.15, 0.2) is 0 Å². The van der Waals surface area contributed by atoms with Gasteiger partial charge in [-0.15, -0.1) is 5.10 Å². The minimum atomic E-state index is -3.24. The zero-order valence-electron chi connectivity index (χ0n) is 24.2. The number of amides is 1. The van der Waals surface area contributed by atoms with Gasteiger partial charge < -0.3 is 15.7 Å². The molecule has 2 saturated heterocycles. The number of nitrogens with zero attached hydrogens (tertiary/aromatic N) is 5. The third-order valence-electron chi connectivity index (χ3n) is 9.68. The van der Waals surface area contributed by atoms with Crippen molar-refractivity contribution in [2.75, 3.05) is 0 Å². The van der Waals surface area contributed by atoms with Crippen molar-refractivity contribution in [2.45, 2.75) is 81.6 Å². The Balaban J connectivity index is 1.38. The summed E-state index contributed by atoms with van der Waals surface area (Å²) in [7, 11) is 0. The van der Waals surface area contributed by atoms with Gasteiger partial charge in [-0.2, -0.15) is 5.26 Å². The second kappa shape index (κ2) is 10.9. The molecule has 4 aromatic rings. The van der Waals surface area contributed by atoms with Crippen LogP contribution < -0.4 is 5.73 Å². The van der Waals surface area contributed by atoms with Crippen molar-refractivity contribution in [3.05, 3.63) is 70.8 Å². The molecule has 3 aromatic carbocycles. The average molecular weight is 619 g/mol. The van der Waals surface area contributed by atoms with Crippen LogP contribution in [0.4, 0.5) is 17.6 Å². The quantitative estimate of drug-likeness (QED) is 0.261. The summed E-state index contributed by atoms with van der Waals surface area (Å²) in [6.07, 6.45) is 1.55. The SMILES string of the molecule is N#Cc1ccc(-c2cc(C(=O)N3C4CCC3CC(N)C4)ccc2-c2cc3nnn(CC4(O)CCC4)c3c(C(F)F)c2F)cc1F. The molecule has 3 heterocycles. The minimum Gasteiger partial charge on any atom is -0.388 e. The number of nitrogens with two attached hydrogens (primary N) is 1. The molecule has 0 radical (unpaired) electrons. The molecule has 1 aliphatic carbocycles. The molecule has 2 aliphatic heterocycles. The van der Waals surface area contributed by atoms with Crippen LogP contribution in [-0.2, 0) is 6.54 Å². The second-order valence-corrected chi connectivity index (χ2v) is 12.5. The topological polar surface area (TPSA) is 121 Å². The number of hydrogen-bond donors (Lipinski definition) is 2. The highest BCUT2D eigenvalue weighted by atomic mass is 19.3. The normalized spacial score (nSPS) is 22.1. The molecular formula is C33H30F4N6O2. The van der Waals surface area contributed by atoms with Gasteiger partial charge in [0.25, 0.3) is 12.3 Å². The summed E-state index contributed by atoms with van der Waals surface area (Å²) in [5, 5.41) is 27.9. The van der Waals surface area contributed by atoms with Gasteiger partial charge in [0, 0.05) is 29.3 Å². The Morgan fingerprint density at radius 3 is 2.42 bits per heavy atom. The van der Waals surface area contributed by atoms with Crippen molar-refractivity contribution < 1.29 is 27.5 Å². The number of halogens is 4. The molecule has 2 atom stereocenters. The molecule has 3 fully saturated rings. The summed E-state index contributed by atoms with van der Waals surface area (Å²) in [5.41, 5.74) is 4.40. The lowest BCUT2D eigenvalue weighted by atomic mass is 9.80. The third-order valence-corrected chi connectivity index (χ3v) is 9.68. The van der Waals surface area contributed by atoms with Crippen LogP contribution in [0.5, 0.6) is 0 Å². The molecule has 232 valence electrons. The number of carbonyl (C=O) groups excluding carboxylic acids is 1. The molecule has 3 aliphatic rings. The number of carbonyl (C=O) groups is 1. The number of rotatable bonds is 6. The number of piperidine rings is 1. The van der Waals surface area contributed by atoms with Gasteiger partial charge in [0.2, 0.25) is 0 Å². The number of fused-ring (bicyclic) bond motifs is 3. The molecule has 7 rings (SSSR count). The Kier molecular flexibility index (Phi) is 7.13. The van der Waals surface area contributed by atoms with Crippen molar-refractivity contribution in [1.82, 2.24) is 19.9 Å². The standard InChI is InChI=1S/C33H30F4N6O2/c34-26-11-17(2-3-19(26)15-38)24-10-18(32(44)43-21-5-6-22(43)13-20(39)12-21)4-7-23(24)25-14-27-30(28(29(25)35)31(36)37)42(41-40-27)16-33(45)8-1-9-33/h2-4,7,10-11,14,20-22,31,45H,1,5-6,8-9,12-13,16,39H2. The van der Waals surface area contributed by atoms with E-state index in [-0.39, 0.29) is 75.0 Å². The molecule has 0 spiro atoms. The van der Waals surface area contributed by atoms with E-state index < -0.39 is 29.2 Å². The van der Waals surface area contributed by atoms with Crippen LogP contribution in [0.2, 0.25) is 0 Å². The van der Waals surface area contributed by atoms with Crippen molar-refractivity contribution >= 4 is 16.9 Å². The number of benzene rings is 3. The summed E-state index contributed by atoms with van der Waals surface area (Å²) in [5.74, 6) is -2.27. The van der Waals surface area contributed by atoms with Crippen molar-refractivity contribution in [1.29, 1.82) is 5.26 Å². The van der Waals surface area contributed by atoms with Crippen LogP contribution in [0.3, 0.4) is 0 Å². The van der Waals surface area contributed by atoms with Crippen LogP contribution >= 0.6 is 0 Å². The van der Waals surface area contributed by atoms with E-state index in [0.29, 0.717) is 25.7 Å². The zero-order valence-corrected chi connectivity index (χ0v) is 24.2. The van der Waals surface area contributed by atoms with Crippen molar-refractivity contribution in [3.8, 4) is 28.3 Å². The van der Waals surface area contributed by atoms with E-state index in [1.54, 1.807) is 6.07 Å². The molecular weight excluding hydrogens is 588 g/mol. The largest absolute Gasteiger partial charge is 0.388 e. The summed E-state index contributed by atoms with van der Waals surface area (Å²) >= 11 is 0. The Hall–Kier alpha value is -4.34. The van der Waals surface area contributed by atoms with E-state index in [4.69, 9.17) is 5.73 Å². The van der Waals surface area contributed by atoms with Gasteiger partial charge in [0.1, 0.15) is 28.7 Å². The predicted octanol–water partition coefficient (Wildman–Crippen LogP) is 5.86. The lowest BCUT2D eigenvalue weighted by Gasteiger charge is -2.38. The maximum Gasteiger partial charge on any atom is 0.268 e. The van der Waals surface area contributed by atoms with Gasteiger partial charge in [-0.25, -0.2) is 22.2 Å². The van der Waals surface area contributed by atoms with E-state index in [0.717, 1.165) is 30.0 Å². The molecule has 1 amide bonds. The van der Waals surface area contributed by atoms with Crippen LogP contribution in [0.1, 0.15) is 72.9 Å². The summed E-state index contributed by atoms with van der Waals surface area (Å²) < 4.78 is 61.4. The van der Waals surface area contributed by atoms with Gasteiger partial charge in [0.05, 0.1) is 23.3 Å². The van der Waals surface area contributed by atoms with Crippen LogP contribution in [0.15, 0.2) is 42.5 Å². The number of aromatic nitrogens is 3. The maximum absolute atomic E-state index is 16.3. The molecule has 1 aromatic heterocycles. The van der Waals surface area contributed by atoms with Crippen LogP contribution in [0, 0.1) is 23.0 Å². The van der Waals surface area contributed by atoms with Crippen molar-refractivity contribution in [2.24, 2.45) is 5.73 Å². The molecule has 8 nitrogen and oxygen atoms in total. The predicted molar refractivity (Wildman–Crippen MR) is 157 cm³/mol. The first kappa shape index (κ1) is 29.4. The Morgan fingerprint density at radius 1 is 1.07 bits per heavy atom. The van der Waals surface area contributed by atoms with Gasteiger partial charge in [-0.05, 0) is 92.0 Å². The zero-order chi connectivity index (χ0) is 31.6. The average Bonchev–Trinajstić information content (AvgIpc) is 3.51. The first-order chi connectivity index (χ1) is 21.6. The fourth-order valence-electron chi connectivity index (χ4n) is 7.30. The van der Waals surface area contributed by atoms with E-state index in [1.807, 2.05) is 4.90 Å².